The predicted molar refractivity (Wildman–Crippen MR) is 71.5 cm³/mol. The average molecular weight is 305 g/mol. The van der Waals surface area contributed by atoms with E-state index < -0.39 is 27.7 Å². The van der Waals surface area contributed by atoms with Crippen molar-refractivity contribution in [2.75, 3.05) is 31.6 Å². The summed E-state index contributed by atoms with van der Waals surface area (Å²) in [4.78, 5) is 35.2. The molecule has 1 saturated heterocycles. The highest BCUT2D eigenvalue weighted by atomic mass is 32.2. The van der Waals surface area contributed by atoms with Crippen LogP contribution in [-0.4, -0.2) is 68.7 Å². The maximum Gasteiger partial charge on any atom is 0.311 e. The lowest BCUT2D eigenvalue weighted by Crippen LogP contribution is -2.47. The lowest BCUT2D eigenvalue weighted by Gasteiger charge is -2.22. The number of rotatable bonds is 4. The van der Waals surface area contributed by atoms with E-state index in [1.54, 1.807) is 0 Å². The Bertz CT molecular complexity index is 502. The highest BCUT2D eigenvalue weighted by molar-refractivity contribution is 7.91. The Labute approximate surface area is 117 Å². The number of amides is 3. The van der Waals surface area contributed by atoms with E-state index in [9.17, 15) is 22.8 Å². The largest absolute Gasteiger partial charge is 0.355 e. The summed E-state index contributed by atoms with van der Waals surface area (Å²) in [7, 11) is -1.69. The molecule has 3 amide bonds. The zero-order valence-corrected chi connectivity index (χ0v) is 12.3. The maximum atomic E-state index is 11.8. The molecule has 1 aliphatic rings. The first-order chi connectivity index (χ1) is 9.23. The summed E-state index contributed by atoms with van der Waals surface area (Å²) in [5, 5.41) is 4.85. The van der Waals surface area contributed by atoms with Crippen LogP contribution in [0.4, 0.5) is 0 Å². The van der Waals surface area contributed by atoms with Gasteiger partial charge in [-0.2, -0.15) is 0 Å². The summed E-state index contributed by atoms with van der Waals surface area (Å²) in [5.41, 5.74) is 0. The molecule has 1 aliphatic heterocycles. The standard InChI is InChI=1S/C11H19N3O5S/c1-8(15)12-4-5-13-10(16)11(17)14(2)9-3-6-20(18,19)7-9/h9H,3-7H2,1-2H3,(H,12,15)(H,13,16). The molecule has 0 bridgehead atoms. The molecular formula is C11H19N3O5S. The van der Waals surface area contributed by atoms with Crippen molar-refractivity contribution in [3.05, 3.63) is 0 Å². The molecule has 114 valence electrons. The summed E-state index contributed by atoms with van der Waals surface area (Å²) >= 11 is 0. The van der Waals surface area contributed by atoms with E-state index in [1.807, 2.05) is 0 Å². The molecule has 9 heteroatoms. The molecule has 1 fully saturated rings. The lowest BCUT2D eigenvalue weighted by atomic mass is 10.2. The Morgan fingerprint density at radius 1 is 1.20 bits per heavy atom. The summed E-state index contributed by atoms with van der Waals surface area (Å²) in [5.74, 6) is -1.86. The van der Waals surface area contributed by atoms with Gasteiger partial charge < -0.3 is 15.5 Å². The normalized spacial score (nSPS) is 20.2. The van der Waals surface area contributed by atoms with Crippen LogP contribution in [0, 0.1) is 0 Å². The molecule has 0 aromatic heterocycles. The lowest BCUT2D eigenvalue weighted by molar-refractivity contribution is -0.146. The molecule has 1 rings (SSSR count). The Hall–Kier alpha value is -1.64. The Morgan fingerprint density at radius 3 is 2.30 bits per heavy atom. The smallest absolute Gasteiger partial charge is 0.311 e. The molecule has 0 aromatic rings. The summed E-state index contributed by atoms with van der Waals surface area (Å²) in [6, 6.07) is -0.450. The SMILES string of the molecule is CC(=O)NCCNC(=O)C(=O)N(C)C1CCS(=O)(=O)C1. The van der Waals surface area contributed by atoms with E-state index >= 15 is 0 Å². The molecule has 1 heterocycles. The molecule has 2 N–H and O–H groups in total. The first-order valence-corrected chi connectivity index (χ1v) is 8.05. The van der Waals surface area contributed by atoms with Crippen molar-refractivity contribution in [3.8, 4) is 0 Å². The van der Waals surface area contributed by atoms with Crippen molar-refractivity contribution in [2.24, 2.45) is 0 Å². The third-order valence-corrected chi connectivity index (χ3v) is 4.81. The maximum absolute atomic E-state index is 11.8. The van der Waals surface area contributed by atoms with Gasteiger partial charge in [0, 0.05) is 33.1 Å². The molecule has 0 radical (unpaired) electrons. The number of nitrogens with one attached hydrogen (secondary N) is 2. The van der Waals surface area contributed by atoms with Crippen molar-refractivity contribution in [2.45, 2.75) is 19.4 Å². The van der Waals surface area contributed by atoms with Crippen LogP contribution in [0.25, 0.3) is 0 Å². The number of hydrogen-bond acceptors (Lipinski definition) is 5. The van der Waals surface area contributed by atoms with E-state index in [1.165, 1.54) is 14.0 Å². The number of likely N-dealkylation sites (N-methyl/N-ethyl adjacent to an activating group) is 1. The molecule has 8 nitrogen and oxygen atoms in total. The second-order valence-corrected chi connectivity index (χ2v) is 6.94. The van der Waals surface area contributed by atoms with Crippen LogP contribution >= 0.6 is 0 Å². The van der Waals surface area contributed by atoms with E-state index in [0.717, 1.165) is 4.90 Å². The van der Waals surface area contributed by atoms with Crippen molar-refractivity contribution < 1.29 is 22.8 Å². The third kappa shape index (κ3) is 4.80. The zero-order chi connectivity index (χ0) is 15.3. The number of nitrogens with zero attached hydrogens (tertiary/aromatic N) is 1. The fraction of sp³-hybridized carbons (Fsp3) is 0.727. The van der Waals surface area contributed by atoms with Gasteiger partial charge in [0.1, 0.15) is 0 Å². The highest BCUT2D eigenvalue weighted by Gasteiger charge is 2.34. The molecular weight excluding hydrogens is 286 g/mol. The molecule has 0 saturated carbocycles. The fourth-order valence-electron chi connectivity index (χ4n) is 1.90. The summed E-state index contributed by atoms with van der Waals surface area (Å²) in [6.45, 7) is 1.72. The third-order valence-electron chi connectivity index (χ3n) is 3.06. The molecule has 20 heavy (non-hydrogen) atoms. The number of carbonyl (C=O) groups excluding carboxylic acids is 3. The van der Waals surface area contributed by atoms with Gasteiger partial charge in [0.15, 0.2) is 9.84 Å². The first-order valence-electron chi connectivity index (χ1n) is 6.23. The van der Waals surface area contributed by atoms with Crippen LogP contribution < -0.4 is 10.6 Å². The summed E-state index contributed by atoms with van der Waals surface area (Å²) in [6.07, 6.45) is 0.351. The van der Waals surface area contributed by atoms with Crippen LogP contribution in [0.1, 0.15) is 13.3 Å². The number of carbonyl (C=O) groups is 3. The van der Waals surface area contributed by atoms with E-state index in [0.29, 0.717) is 6.42 Å². The van der Waals surface area contributed by atoms with Crippen LogP contribution in [0.5, 0.6) is 0 Å². The van der Waals surface area contributed by atoms with Gasteiger partial charge in [-0.25, -0.2) is 8.42 Å². The Balaban J connectivity index is 2.40. The van der Waals surface area contributed by atoms with Crippen LogP contribution in [0.2, 0.25) is 0 Å². The first kappa shape index (κ1) is 16.4. The quantitative estimate of drug-likeness (QED) is 0.456. The van der Waals surface area contributed by atoms with Gasteiger partial charge >= 0.3 is 11.8 Å². The van der Waals surface area contributed by atoms with Crippen LogP contribution in [0.3, 0.4) is 0 Å². The van der Waals surface area contributed by atoms with Gasteiger partial charge in [0.2, 0.25) is 5.91 Å². The molecule has 0 spiro atoms. The Morgan fingerprint density at radius 2 is 1.80 bits per heavy atom. The van der Waals surface area contributed by atoms with Gasteiger partial charge in [0.05, 0.1) is 11.5 Å². The van der Waals surface area contributed by atoms with E-state index in [2.05, 4.69) is 10.6 Å². The van der Waals surface area contributed by atoms with Crippen LogP contribution in [-0.2, 0) is 24.2 Å². The highest BCUT2D eigenvalue weighted by Crippen LogP contribution is 2.16. The van der Waals surface area contributed by atoms with Crippen molar-refractivity contribution in [3.63, 3.8) is 0 Å². The molecule has 0 aliphatic carbocycles. The van der Waals surface area contributed by atoms with Crippen molar-refractivity contribution in [1.29, 1.82) is 0 Å². The monoisotopic (exact) mass is 305 g/mol. The van der Waals surface area contributed by atoms with Gasteiger partial charge in [-0.15, -0.1) is 0 Å². The molecule has 1 atom stereocenters. The van der Waals surface area contributed by atoms with E-state index in [4.69, 9.17) is 0 Å². The zero-order valence-electron chi connectivity index (χ0n) is 11.5. The van der Waals surface area contributed by atoms with Gasteiger partial charge in [-0.05, 0) is 6.42 Å². The average Bonchev–Trinajstić information content (AvgIpc) is 2.72. The minimum Gasteiger partial charge on any atom is -0.355 e. The second-order valence-electron chi connectivity index (χ2n) is 4.71. The van der Waals surface area contributed by atoms with Crippen LogP contribution in [0.15, 0.2) is 0 Å². The van der Waals surface area contributed by atoms with Crippen molar-refractivity contribution in [1.82, 2.24) is 15.5 Å². The van der Waals surface area contributed by atoms with E-state index in [-0.39, 0.29) is 30.5 Å². The summed E-state index contributed by atoms with van der Waals surface area (Å²) < 4.78 is 22.7. The Kier molecular flexibility index (Phi) is 5.49. The minimum atomic E-state index is -3.10. The van der Waals surface area contributed by atoms with Crippen molar-refractivity contribution >= 4 is 27.6 Å². The second kappa shape index (κ2) is 6.69. The van der Waals surface area contributed by atoms with Gasteiger partial charge in [0.25, 0.3) is 0 Å². The van der Waals surface area contributed by atoms with Gasteiger partial charge in [-0.1, -0.05) is 0 Å². The van der Waals surface area contributed by atoms with Gasteiger partial charge in [-0.3, -0.25) is 14.4 Å². The fourth-order valence-corrected chi connectivity index (χ4v) is 3.67. The minimum absolute atomic E-state index is 0.0411. The number of hydrogen-bond donors (Lipinski definition) is 2. The topological polar surface area (TPSA) is 113 Å². The molecule has 0 aromatic carbocycles. The number of sulfone groups is 1. The molecule has 1 unspecified atom stereocenters. The predicted octanol–water partition coefficient (Wildman–Crippen LogP) is -2.12.